The zero-order chi connectivity index (χ0) is 16.9. The lowest BCUT2D eigenvalue weighted by Gasteiger charge is -2.18. The van der Waals surface area contributed by atoms with Crippen molar-refractivity contribution in [2.45, 2.75) is 13.1 Å². The van der Waals surface area contributed by atoms with Gasteiger partial charge in [0.05, 0.1) is 6.54 Å². The van der Waals surface area contributed by atoms with Crippen LogP contribution in [0.4, 0.5) is 0 Å². The van der Waals surface area contributed by atoms with Crippen LogP contribution in [0, 0.1) is 0 Å². The second kappa shape index (κ2) is 7.32. The molecule has 0 radical (unpaired) electrons. The van der Waals surface area contributed by atoms with Gasteiger partial charge in [0.15, 0.2) is 0 Å². The third-order valence-corrected chi connectivity index (χ3v) is 4.19. The van der Waals surface area contributed by atoms with Gasteiger partial charge in [0.2, 0.25) is 0 Å². The van der Waals surface area contributed by atoms with Crippen molar-refractivity contribution >= 4 is 17.5 Å². The second-order valence-corrected chi connectivity index (χ2v) is 6.06. The number of carbonyl (C=O) groups excluding carboxylic acids is 1. The zero-order valence-corrected chi connectivity index (χ0v) is 14.1. The summed E-state index contributed by atoms with van der Waals surface area (Å²) in [7, 11) is 1.78. The Labute approximate surface area is 146 Å². The number of hydrogen-bond donors (Lipinski definition) is 0. The molecule has 4 nitrogen and oxygen atoms in total. The van der Waals surface area contributed by atoms with Crippen LogP contribution in [0.2, 0.25) is 5.02 Å². The van der Waals surface area contributed by atoms with E-state index in [1.807, 2.05) is 65.5 Å². The van der Waals surface area contributed by atoms with Gasteiger partial charge in [-0.2, -0.15) is 5.10 Å². The first-order chi connectivity index (χ1) is 11.6. The van der Waals surface area contributed by atoms with Gasteiger partial charge in [0, 0.05) is 36.6 Å². The molecule has 5 heteroatoms. The molecule has 2 aromatic carbocycles. The van der Waals surface area contributed by atoms with E-state index < -0.39 is 0 Å². The third kappa shape index (κ3) is 3.84. The summed E-state index contributed by atoms with van der Waals surface area (Å²) in [6.07, 6.45) is 3.66. The van der Waals surface area contributed by atoms with Crippen LogP contribution in [0.15, 0.2) is 67.0 Å². The molecule has 0 spiro atoms. The molecule has 0 saturated carbocycles. The monoisotopic (exact) mass is 339 g/mol. The highest BCUT2D eigenvalue weighted by molar-refractivity contribution is 6.31. The number of carbonyl (C=O) groups is 1. The molecule has 3 aromatic rings. The minimum absolute atomic E-state index is 0.0273. The van der Waals surface area contributed by atoms with Crippen LogP contribution in [0.5, 0.6) is 0 Å². The topological polar surface area (TPSA) is 38.1 Å². The molecule has 0 N–H and O–H groups in total. The smallest absolute Gasteiger partial charge is 0.253 e. The number of benzene rings is 2. The fourth-order valence-corrected chi connectivity index (χ4v) is 2.70. The van der Waals surface area contributed by atoms with Crippen LogP contribution in [0.3, 0.4) is 0 Å². The largest absolute Gasteiger partial charge is 0.337 e. The second-order valence-electron chi connectivity index (χ2n) is 5.65. The van der Waals surface area contributed by atoms with Crippen molar-refractivity contribution in [3.8, 4) is 0 Å². The molecule has 0 aliphatic heterocycles. The van der Waals surface area contributed by atoms with E-state index in [2.05, 4.69) is 5.10 Å². The fraction of sp³-hybridized carbons (Fsp3) is 0.158. The van der Waals surface area contributed by atoms with Gasteiger partial charge >= 0.3 is 0 Å². The first-order valence-corrected chi connectivity index (χ1v) is 8.06. The molecule has 1 heterocycles. The minimum atomic E-state index is -0.0273. The predicted molar refractivity (Wildman–Crippen MR) is 95.0 cm³/mol. The summed E-state index contributed by atoms with van der Waals surface area (Å²) in [5.41, 5.74) is 2.70. The van der Waals surface area contributed by atoms with Gasteiger partial charge in [-0.15, -0.1) is 0 Å². The van der Waals surface area contributed by atoms with Crippen LogP contribution in [0.1, 0.15) is 21.5 Å². The van der Waals surface area contributed by atoms with Crippen LogP contribution < -0.4 is 0 Å². The van der Waals surface area contributed by atoms with Crippen molar-refractivity contribution in [3.63, 3.8) is 0 Å². The summed E-state index contributed by atoms with van der Waals surface area (Å²) in [5.74, 6) is -0.0273. The molecule has 0 fully saturated rings. The Bertz CT molecular complexity index is 813. The number of halogens is 1. The van der Waals surface area contributed by atoms with E-state index in [9.17, 15) is 4.79 Å². The highest BCUT2D eigenvalue weighted by Gasteiger charge is 2.13. The Kier molecular flexibility index (Phi) is 4.96. The normalized spacial score (nSPS) is 10.6. The van der Waals surface area contributed by atoms with E-state index in [1.165, 1.54) is 0 Å². The Hall–Kier alpha value is -2.59. The van der Waals surface area contributed by atoms with E-state index in [0.717, 1.165) is 11.1 Å². The number of amides is 1. The van der Waals surface area contributed by atoms with Gasteiger partial charge in [-0.1, -0.05) is 41.9 Å². The highest BCUT2D eigenvalue weighted by Crippen LogP contribution is 2.17. The summed E-state index contributed by atoms with van der Waals surface area (Å²) in [6.45, 7) is 1.17. The molecule has 0 aliphatic rings. The summed E-state index contributed by atoms with van der Waals surface area (Å²) < 4.78 is 1.85. The van der Waals surface area contributed by atoms with Gasteiger partial charge in [-0.3, -0.25) is 9.48 Å². The summed E-state index contributed by atoms with van der Waals surface area (Å²) in [5, 5.41) is 4.85. The number of nitrogens with zero attached hydrogens (tertiary/aromatic N) is 3. The predicted octanol–water partition coefficient (Wildman–Crippen LogP) is 3.86. The van der Waals surface area contributed by atoms with E-state index in [-0.39, 0.29) is 5.91 Å². The minimum Gasteiger partial charge on any atom is -0.337 e. The Balaban J connectivity index is 1.67. The fourth-order valence-electron chi connectivity index (χ4n) is 2.51. The van der Waals surface area contributed by atoms with Gasteiger partial charge in [0.1, 0.15) is 0 Å². The average molecular weight is 340 g/mol. The van der Waals surface area contributed by atoms with Crippen molar-refractivity contribution in [3.05, 3.63) is 88.7 Å². The number of hydrogen-bond acceptors (Lipinski definition) is 2. The Morgan fingerprint density at radius 3 is 2.54 bits per heavy atom. The number of aromatic nitrogens is 2. The van der Waals surface area contributed by atoms with E-state index in [1.54, 1.807) is 18.1 Å². The molecule has 0 saturated heterocycles. The van der Waals surface area contributed by atoms with Crippen molar-refractivity contribution in [1.82, 2.24) is 14.7 Å². The maximum Gasteiger partial charge on any atom is 0.253 e. The van der Waals surface area contributed by atoms with E-state index in [0.29, 0.717) is 23.7 Å². The Morgan fingerprint density at radius 1 is 1.12 bits per heavy atom. The molecular formula is C19H18ClN3O. The molecule has 122 valence electrons. The molecule has 0 aliphatic carbocycles. The van der Waals surface area contributed by atoms with Crippen molar-refractivity contribution < 1.29 is 4.79 Å². The molecule has 1 amide bonds. The zero-order valence-electron chi connectivity index (χ0n) is 13.4. The van der Waals surface area contributed by atoms with Crippen molar-refractivity contribution in [2.24, 2.45) is 0 Å². The van der Waals surface area contributed by atoms with E-state index >= 15 is 0 Å². The van der Waals surface area contributed by atoms with Crippen molar-refractivity contribution in [1.29, 1.82) is 0 Å². The molecular weight excluding hydrogens is 322 g/mol. The van der Waals surface area contributed by atoms with Crippen molar-refractivity contribution in [2.75, 3.05) is 7.05 Å². The SMILES string of the molecule is CN(Cc1ccccc1Cl)C(=O)c1ccc(Cn2cccn2)cc1. The maximum absolute atomic E-state index is 12.6. The summed E-state index contributed by atoms with van der Waals surface area (Å²) in [6, 6.07) is 17.1. The molecule has 1 aromatic heterocycles. The molecule has 3 rings (SSSR count). The first kappa shape index (κ1) is 16.3. The lowest BCUT2D eigenvalue weighted by atomic mass is 10.1. The summed E-state index contributed by atoms with van der Waals surface area (Å²) >= 11 is 6.16. The molecule has 0 unspecified atom stereocenters. The maximum atomic E-state index is 12.6. The van der Waals surface area contributed by atoms with Crippen LogP contribution in [-0.4, -0.2) is 27.6 Å². The quantitative estimate of drug-likeness (QED) is 0.708. The van der Waals surface area contributed by atoms with Gasteiger partial charge < -0.3 is 4.90 Å². The average Bonchev–Trinajstić information content (AvgIpc) is 3.10. The van der Waals surface area contributed by atoms with Crippen LogP contribution in [0.25, 0.3) is 0 Å². The summed E-state index contributed by atoms with van der Waals surface area (Å²) in [4.78, 5) is 14.2. The molecule has 0 bridgehead atoms. The Morgan fingerprint density at radius 2 is 1.88 bits per heavy atom. The lowest BCUT2D eigenvalue weighted by molar-refractivity contribution is 0.0785. The first-order valence-electron chi connectivity index (χ1n) is 7.69. The van der Waals surface area contributed by atoms with Crippen LogP contribution >= 0.6 is 11.6 Å². The van der Waals surface area contributed by atoms with Gasteiger partial charge in [0.25, 0.3) is 5.91 Å². The van der Waals surface area contributed by atoms with Gasteiger partial charge in [-0.05, 0) is 35.4 Å². The molecule has 0 atom stereocenters. The standard InChI is InChI=1S/C19H18ClN3O/c1-22(14-17-5-2-3-6-18(17)20)19(24)16-9-7-15(8-10-16)13-23-12-4-11-21-23/h2-12H,13-14H2,1H3. The highest BCUT2D eigenvalue weighted by atomic mass is 35.5. The third-order valence-electron chi connectivity index (χ3n) is 3.82. The van der Waals surface area contributed by atoms with E-state index in [4.69, 9.17) is 11.6 Å². The lowest BCUT2D eigenvalue weighted by Crippen LogP contribution is -2.26. The van der Waals surface area contributed by atoms with Crippen LogP contribution in [-0.2, 0) is 13.1 Å². The molecule has 24 heavy (non-hydrogen) atoms. The number of rotatable bonds is 5. The van der Waals surface area contributed by atoms with Gasteiger partial charge in [-0.25, -0.2) is 0 Å².